The SMILES string of the molecule is CCC(CC(CC(CC(CC(CC(CC(CC(CC(CC(CC(CC(CC(CC(CC(C)OC(C)=O)OC(C)=O)OC(C)=O)OC(C)=O)OC(C)=O)OC(C)=O)OC(C)=O)OC(C)=O)OC(C)=O)OC(C)=O)OC(C)=O)OC(C)=O)OC(C)=O)OC(C)=O)N1CCCCCC1=O. The summed E-state index contributed by atoms with van der Waals surface area (Å²) in [5.41, 5.74) is 0. The van der Waals surface area contributed by atoms with Gasteiger partial charge in [-0.1, -0.05) is 13.3 Å². The van der Waals surface area contributed by atoms with E-state index in [9.17, 15) is 71.9 Å². The Labute approximate surface area is 561 Å². The average molecular weight is 1370 g/mol. The van der Waals surface area contributed by atoms with E-state index in [0.29, 0.717) is 19.4 Å². The van der Waals surface area contributed by atoms with Gasteiger partial charge in [0, 0.05) is 206 Å². The molecule has 0 aromatic heterocycles. The minimum atomic E-state index is -1.32. The Hall–Kier alpha value is -7.95. The highest BCUT2D eigenvalue weighted by Crippen LogP contribution is 2.31. The molecule has 1 heterocycles. The van der Waals surface area contributed by atoms with Gasteiger partial charge in [0.25, 0.3) is 0 Å². The molecule has 0 aromatic carbocycles. The van der Waals surface area contributed by atoms with E-state index >= 15 is 0 Å². The maximum Gasteiger partial charge on any atom is 0.302 e. The lowest BCUT2D eigenvalue weighted by molar-refractivity contribution is -0.165. The molecule has 1 rings (SSSR count). The van der Waals surface area contributed by atoms with Crippen molar-refractivity contribution in [1.29, 1.82) is 0 Å². The summed E-state index contributed by atoms with van der Waals surface area (Å²) in [5.74, 6) is -11.0. The number of likely N-dealkylation sites (tertiary alicyclic amines) is 1. The summed E-state index contributed by atoms with van der Waals surface area (Å²) in [6.07, 6.45) is -16.5. The number of esters is 14. The minimum absolute atomic E-state index is 0.0192. The highest BCUT2D eigenvalue weighted by molar-refractivity contribution is 5.77. The number of rotatable bonds is 44. The largest absolute Gasteiger partial charge is 0.463 e. The van der Waals surface area contributed by atoms with Crippen molar-refractivity contribution in [3.63, 3.8) is 0 Å². The highest BCUT2D eigenvalue weighted by Gasteiger charge is 2.38. The van der Waals surface area contributed by atoms with Crippen molar-refractivity contribution in [3.8, 4) is 0 Å². The van der Waals surface area contributed by atoms with Crippen LogP contribution in [0, 0.1) is 0 Å². The predicted octanol–water partition coefficient (Wildman–Crippen LogP) is 6.69. The van der Waals surface area contributed by atoms with Gasteiger partial charge in [0.05, 0.1) is 0 Å². The lowest BCUT2D eigenvalue weighted by Crippen LogP contribution is -2.43. The maximum absolute atomic E-state index is 13.2. The van der Waals surface area contributed by atoms with Gasteiger partial charge in [0.2, 0.25) is 5.91 Å². The van der Waals surface area contributed by atoms with Gasteiger partial charge >= 0.3 is 83.6 Å². The van der Waals surface area contributed by atoms with Crippen LogP contribution in [-0.4, -0.2) is 192 Å². The van der Waals surface area contributed by atoms with Crippen LogP contribution in [0.4, 0.5) is 0 Å². The summed E-state index contributed by atoms with van der Waals surface area (Å²) >= 11 is 0. The molecule has 30 heteroatoms. The molecule has 1 fully saturated rings. The van der Waals surface area contributed by atoms with Crippen LogP contribution in [0.2, 0.25) is 0 Å². The molecule has 15 unspecified atom stereocenters. The molecule has 0 aliphatic carbocycles. The molecule has 0 spiro atoms. The Balaban J connectivity index is 3.81. The van der Waals surface area contributed by atoms with Crippen molar-refractivity contribution in [2.24, 2.45) is 0 Å². The monoisotopic (exact) mass is 1370 g/mol. The number of carbonyl (C=O) groups is 15. The Kier molecular flexibility index (Phi) is 40.8. The molecule has 96 heavy (non-hydrogen) atoms. The van der Waals surface area contributed by atoms with Crippen LogP contribution in [0.5, 0.6) is 0 Å². The van der Waals surface area contributed by atoms with Gasteiger partial charge in [-0.05, 0) is 26.2 Å². The second-order valence-corrected chi connectivity index (χ2v) is 24.2. The predicted molar refractivity (Wildman–Crippen MR) is 332 cm³/mol. The zero-order valence-corrected chi connectivity index (χ0v) is 58.6. The fourth-order valence-electron chi connectivity index (χ4n) is 12.0. The second kappa shape index (κ2) is 45.5. The lowest BCUT2D eigenvalue weighted by atomic mass is 9.93. The van der Waals surface area contributed by atoms with Crippen molar-refractivity contribution in [3.05, 3.63) is 0 Å². The Morgan fingerprint density at radius 3 is 0.625 bits per heavy atom. The van der Waals surface area contributed by atoms with Gasteiger partial charge in [0.1, 0.15) is 85.5 Å². The van der Waals surface area contributed by atoms with Crippen LogP contribution in [-0.2, 0) is 138 Å². The Morgan fingerprint density at radius 2 is 0.448 bits per heavy atom. The minimum Gasteiger partial charge on any atom is -0.463 e. The van der Waals surface area contributed by atoms with Crippen LogP contribution in [0.15, 0.2) is 0 Å². The van der Waals surface area contributed by atoms with E-state index in [1.807, 2.05) is 6.92 Å². The number of amides is 1. The van der Waals surface area contributed by atoms with Crippen LogP contribution in [0.25, 0.3) is 0 Å². The maximum atomic E-state index is 13.2. The zero-order valence-electron chi connectivity index (χ0n) is 58.6. The third kappa shape index (κ3) is 41.8. The first-order valence-electron chi connectivity index (χ1n) is 32.5. The number of carbonyl (C=O) groups excluding carboxylic acids is 15. The zero-order chi connectivity index (χ0) is 72.9. The molecule has 0 saturated carbocycles. The molecule has 15 atom stereocenters. The summed E-state index contributed by atoms with van der Waals surface area (Å²) in [6, 6.07) is -0.339. The van der Waals surface area contributed by atoms with Crippen molar-refractivity contribution in [1.82, 2.24) is 4.90 Å². The van der Waals surface area contributed by atoms with Gasteiger partial charge in [-0.15, -0.1) is 0 Å². The topological polar surface area (TPSA) is 389 Å². The number of hydrogen-bond acceptors (Lipinski definition) is 29. The molecule has 0 N–H and O–H groups in total. The second-order valence-electron chi connectivity index (χ2n) is 24.2. The van der Waals surface area contributed by atoms with E-state index < -0.39 is 169 Å². The summed E-state index contributed by atoms with van der Waals surface area (Å²) in [6.45, 7) is 19.6. The molecular formula is C66H103NO29. The standard InChI is InChI=1S/C66H103NO29/c1-17-52(67-22-20-18-19-21-66(67)82)24-54(85-40(5)70)26-56(87-42(7)72)28-58(89-44(9)74)30-60(91-46(11)76)32-62(93-48(13)78)34-64(95-50(15)80)36-65(96-51(16)81)35-63(94-49(14)79)33-61(92-47(12)77)31-59(90-45(10)75)29-57(88-43(8)73)27-55(86-41(6)71)25-53(84-39(4)69)23-37(2)83-38(3)68/h37,52-65H,17-36H2,1-16H3. The molecular weight excluding hydrogens is 1270 g/mol. The first kappa shape index (κ1) is 86.1. The van der Waals surface area contributed by atoms with E-state index in [2.05, 4.69) is 0 Å². The summed E-state index contributed by atoms with van der Waals surface area (Å²) in [4.78, 5) is 192. The van der Waals surface area contributed by atoms with Crippen molar-refractivity contribution >= 4 is 89.5 Å². The molecule has 0 bridgehead atoms. The quantitative estimate of drug-likeness (QED) is 0.0452. The average Bonchev–Trinajstić information content (AvgIpc) is 1.26. The third-order valence-corrected chi connectivity index (χ3v) is 14.7. The van der Waals surface area contributed by atoms with Crippen LogP contribution in [0.3, 0.4) is 0 Å². The fraction of sp³-hybridized carbons (Fsp3) is 0.773. The molecule has 30 nitrogen and oxygen atoms in total. The molecule has 0 radical (unpaired) electrons. The van der Waals surface area contributed by atoms with Crippen molar-refractivity contribution < 1.29 is 138 Å². The first-order chi connectivity index (χ1) is 44.8. The van der Waals surface area contributed by atoms with Crippen LogP contribution in [0.1, 0.15) is 233 Å². The van der Waals surface area contributed by atoms with E-state index in [1.54, 1.807) is 11.8 Å². The summed E-state index contributed by atoms with van der Waals surface area (Å²) < 4.78 is 79.3. The van der Waals surface area contributed by atoms with Crippen LogP contribution >= 0.6 is 0 Å². The van der Waals surface area contributed by atoms with Gasteiger partial charge in [0.15, 0.2) is 0 Å². The molecule has 1 amide bonds. The third-order valence-electron chi connectivity index (χ3n) is 14.7. The molecule has 1 saturated heterocycles. The summed E-state index contributed by atoms with van der Waals surface area (Å²) in [7, 11) is 0. The Morgan fingerprint density at radius 1 is 0.271 bits per heavy atom. The van der Waals surface area contributed by atoms with E-state index in [0.717, 1.165) is 102 Å². The normalized spacial score (nSPS) is 16.9. The molecule has 1 aliphatic rings. The van der Waals surface area contributed by atoms with Gasteiger partial charge in [-0.3, -0.25) is 71.9 Å². The smallest absolute Gasteiger partial charge is 0.302 e. The number of hydrogen-bond donors (Lipinski definition) is 0. The van der Waals surface area contributed by atoms with Crippen molar-refractivity contribution in [2.45, 2.75) is 324 Å². The van der Waals surface area contributed by atoms with E-state index in [4.69, 9.17) is 66.3 Å². The van der Waals surface area contributed by atoms with Crippen LogP contribution < -0.4 is 0 Å². The lowest BCUT2D eigenvalue weighted by Gasteiger charge is -2.34. The number of ether oxygens (including phenoxy) is 14. The van der Waals surface area contributed by atoms with Crippen molar-refractivity contribution in [2.75, 3.05) is 6.54 Å². The molecule has 546 valence electrons. The van der Waals surface area contributed by atoms with Gasteiger partial charge in [-0.2, -0.15) is 0 Å². The molecule has 1 aliphatic heterocycles. The highest BCUT2D eigenvalue weighted by atomic mass is 16.6. The van der Waals surface area contributed by atoms with Gasteiger partial charge in [-0.25, -0.2) is 0 Å². The van der Waals surface area contributed by atoms with E-state index in [1.165, 1.54) is 13.8 Å². The number of nitrogens with zero attached hydrogens (tertiary/aromatic N) is 1. The summed E-state index contributed by atoms with van der Waals surface area (Å²) in [5, 5.41) is 0. The van der Waals surface area contributed by atoms with E-state index in [-0.39, 0.29) is 102 Å². The fourth-order valence-corrected chi connectivity index (χ4v) is 12.0. The Bertz CT molecular complexity index is 2590. The van der Waals surface area contributed by atoms with Gasteiger partial charge < -0.3 is 71.2 Å². The first-order valence-corrected chi connectivity index (χ1v) is 32.5. The molecule has 0 aromatic rings.